The molecule has 0 saturated carbocycles. The SMILES string of the molecule is CN1CCCC1CCOc1cccc(N)n1. The monoisotopic (exact) mass is 221 g/mol. The molecule has 88 valence electrons. The molecule has 4 nitrogen and oxygen atoms in total. The third-order valence-electron chi connectivity index (χ3n) is 3.12. The van der Waals surface area contributed by atoms with Gasteiger partial charge in [0, 0.05) is 12.1 Å². The summed E-state index contributed by atoms with van der Waals surface area (Å²) >= 11 is 0. The smallest absolute Gasteiger partial charge is 0.215 e. The van der Waals surface area contributed by atoms with Crippen molar-refractivity contribution in [2.75, 3.05) is 25.9 Å². The lowest BCUT2D eigenvalue weighted by molar-refractivity contribution is 0.229. The lowest BCUT2D eigenvalue weighted by Crippen LogP contribution is -2.26. The molecule has 2 N–H and O–H groups in total. The quantitative estimate of drug-likeness (QED) is 0.837. The van der Waals surface area contributed by atoms with E-state index in [0.717, 1.165) is 6.42 Å². The predicted molar refractivity (Wildman–Crippen MR) is 64.4 cm³/mol. The number of nitrogen functional groups attached to an aromatic ring is 1. The first kappa shape index (κ1) is 11.2. The van der Waals surface area contributed by atoms with E-state index < -0.39 is 0 Å². The average molecular weight is 221 g/mol. The van der Waals surface area contributed by atoms with E-state index in [0.29, 0.717) is 24.3 Å². The van der Waals surface area contributed by atoms with E-state index in [1.54, 1.807) is 6.07 Å². The molecule has 2 heterocycles. The summed E-state index contributed by atoms with van der Waals surface area (Å²) in [5.74, 6) is 1.14. The molecule has 1 aromatic rings. The van der Waals surface area contributed by atoms with Crippen LogP contribution >= 0.6 is 0 Å². The first-order valence-electron chi connectivity index (χ1n) is 5.81. The molecule has 2 rings (SSSR count). The molecule has 1 aromatic heterocycles. The van der Waals surface area contributed by atoms with E-state index in [1.165, 1.54) is 19.4 Å². The fourth-order valence-corrected chi connectivity index (χ4v) is 2.15. The van der Waals surface area contributed by atoms with E-state index in [4.69, 9.17) is 10.5 Å². The number of nitrogens with zero attached hydrogens (tertiary/aromatic N) is 2. The van der Waals surface area contributed by atoms with Gasteiger partial charge in [-0.2, -0.15) is 4.98 Å². The summed E-state index contributed by atoms with van der Waals surface area (Å²) in [4.78, 5) is 6.50. The summed E-state index contributed by atoms with van der Waals surface area (Å²) in [5, 5.41) is 0. The molecule has 0 amide bonds. The first-order chi connectivity index (χ1) is 7.75. The minimum Gasteiger partial charge on any atom is -0.478 e. The number of likely N-dealkylation sites (tertiary alicyclic amines) is 1. The van der Waals surface area contributed by atoms with Crippen molar-refractivity contribution in [3.05, 3.63) is 18.2 Å². The lowest BCUT2D eigenvalue weighted by Gasteiger charge is -2.18. The van der Waals surface area contributed by atoms with Gasteiger partial charge in [0.15, 0.2) is 0 Å². The summed E-state index contributed by atoms with van der Waals surface area (Å²) in [6, 6.07) is 6.13. The van der Waals surface area contributed by atoms with Crippen LogP contribution in [0.15, 0.2) is 18.2 Å². The van der Waals surface area contributed by atoms with E-state index in [2.05, 4.69) is 16.9 Å². The Kier molecular flexibility index (Phi) is 3.62. The first-order valence-corrected chi connectivity index (χ1v) is 5.81. The van der Waals surface area contributed by atoms with Gasteiger partial charge < -0.3 is 15.4 Å². The second-order valence-corrected chi connectivity index (χ2v) is 4.31. The molecule has 16 heavy (non-hydrogen) atoms. The minimum atomic E-state index is 0.510. The maximum Gasteiger partial charge on any atom is 0.215 e. The van der Waals surface area contributed by atoms with Crippen LogP contribution in [0.4, 0.5) is 5.82 Å². The zero-order chi connectivity index (χ0) is 11.4. The zero-order valence-electron chi connectivity index (χ0n) is 9.72. The fourth-order valence-electron chi connectivity index (χ4n) is 2.15. The van der Waals surface area contributed by atoms with Crippen molar-refractivity contribution < 1.29 is 4.74 Å². The Morgan fingerprint density at radius 1 is 1.56 bits per heavy atom. The molecule has 0 radical (unpaired) electrons. The van der Waals surface area contributed by atoms with Gasteiger partial charge in [-0.1, -0.05) is 6.07 Å². The van der Waals surface area contributed by atoms with Gasteiger partial charge in [-0.05, 0) is 38.9 Å². The molecule has 1 unspecified atom stereocenters. The third-order valence-corrected chi connectivity index (χ3v) is 3.12. The Morgan fingerprint density at radius 2 is 2.44 bits per heavy atom. The van der Waals surface area contributed by atoms with Crippen molar-refractivity contribution in [2.45, 2.75) is 25.3 Å². The second kappa shape index (κ2) is 5.16. The van der Waals surface area contributed by atoms with Gasteiger partial charge >= 0.3 is 0 Å². The van der Waals surface area contributed by atoms with E-state index >= 15 is 0 Å². The van der Waals surface area contributed by atoms with E-state index in [9.17, 15) is 0 Å². The second-order valence-electron chi connectivity index (χ2n) is 4.31. The highest BCUT2D eigenvalue weighted by Crippen LogP contribution is 2.18. The van der Waals surface area contributed by atoms with Crippen LogP contribution in [0.25, 0.3) is 0 Å². The maximum atomic E-state index is 5.58. The fraction of sp³-hybridized carbons (Fsp3) is 0.583. The Morgan fingerprint density at radius 3 is 3.12 bits per heavy atom. The van der Waals surface area contributed by atoms with Crippen LogP contribution in [0.3, 0.4) is 0 Å². The highest BCUT2D eigenvalue weighted by molar-refractivity contribution is 5.30. The van der Waals surface area contributed by atoms with Gasteiger partial charge in [0.05, 0.1) is 6.61 Å². The number of pyridine rings is 1. The van der Waals surface area contributed by atoms with Crippen LogP contribution < -0.4 is 10.5 Å². The van der Waals surface area contributed by atoms with Crippen molar-refractivity contribution >= 4 is 5.82 Å². The Bertz CT molecular complexity index is 343. The van der Waals surface area contributed by atoms with Crippen LogP contribution in [-0.2, 0) is 0 Å². The molecule has 4 heteroatoms. The van der Waals surface area contributed by atoms with Crippen LogP contribution in [0, 0.1) is 0 Å². The molecule has 1 atom stereocenters. The van der Waals surface area contributed by atoms with Crippen molar-refractivity contribution in [3.8, 4) is 5.88 Å². The molecule has 0 bridgehead atoms. The number of aromatic nitrogens is 1. The normalized spacial score (nSPS) is 21.2. The largest absolute Gasteiger partial charge is 0.478 e. The number of hydrogen-bond acceptors (Lipinski definition) is 4. The average Bonchev–Trinajstić information content (AvgIpc) is 2.65. The van der Waals surface area contributed by atoms with Gasteiger partial charge in [-0.15, -0.1) is 0 Å². The van der Waals surface area contributed by atoms with Gasteiger partial charge in [0.25, 0.3) is 0 Å². The van der Waals surface area contributed by atoms with Crippen molar-refractivity contribution in [2.24, 2.45) is 0 Å². The lowest BCUT2D eigenvalue weighted by atomic mass is 10.1. The maximum absolute atomic E-state index is 5.58. The van der Waals surface area contributed by atoms with E-state index in [1.807, 2.05) is 12.1 Å². The number of rotatable bonds is 4. The summed E-state index contributed by atoms with van der Waals surface area (Å²) in [5.41, 5.74) is 5.58. The Labute approximate surface area is 96.4 Å². The Balaban J connectivity index is 1.75. The molecular weight excluding hydrogens is 202 g/mol. The van der Waals surface area contributed by atoms with Crippen LogP contribution in [0.2, 0.25) is 0 Å². The standard InChI is InChI=1S/C12H19N3O/c1-15-8-3-4-10(15)7-9-16-12-6-2-5-11(13)14-12/h2,5-6,10H,3-4,7-9H2,1H3,(H2,13,14). The van der Waals surface area contributed by atoms with Crippen LogP contribution in [-0.4, -0.2) is 36.1 Å². The number of nitrogens with two attached hydrogens (primary N) is 1. The van der Waals surface area contributed by atoms with Crippen LogP contribution in [0.1, 0.15) is 19.3 Å². The molecule has 0 aromatic carbocycles. The molecule has 0 aliphatic carbocycles. The van der Waals surface area contributed by atoms with Gasteiger partial charge in [0.2, 0.25) is 5.88 Å². The van der Waals surface area contributed by atoms with Crippen molar-refractivity contribution in [1.29, 1.82) is 0 Å². The van der Waals surface area contributed by atoms with Crippen molar-refractivity contribution in [1.82, 2.24) is 9.88 Å². The topological polar surface area (TPSA) is 51.4 Å². The zero-order valence-corrected chi connectivity index (χ0v) is 9.72. The molecule has 1 aliphatic rings. The highest BCUT2D eigenvalue weighted by Gasteiger charge is 2.20. The highest BCUT2D eigenvalue weighted by atomic mass is 16.5. The molecule has 1 aliphatic heterocycles. The number of ether oxygens (including phenoxy) is 1. The Hall–Kier alpha value is -1.29. The minimum absolute atomic E-state index is 0.510. The molecule has 0 spiro atoms. The summed E-state index contributed by atoms with van der Waals surface area (Å²) in [6.07, 6.45) is 3.65. The predicted octanol–water partition coefficient (Wildman–Crippen LogP) is 1.53. The van der Waals surface area contributed by atoms with Crippen LogP contribution in [0.5, 0.6) is 5.88 Å². The third kappa shape index (κ3) is 2.85. The molecule has 1 fully saturated rings. The van der Waals surface area contributed by atoms with E-state index in [-0.39, 0.29) is 0 Å². The summed E-state index contributed by atoms with van der Waals surface area (Å²) < 4.78 is 5.58. The van der Waals surface area contributed by atoms with Gasteiger partial charge in [-0.25, -0.2) is 0 Å². The molecule has 1 saturated heterocycles. The van der Waals surface area contributed by atoms with Gasteiger partial charge in [-0.3, -0.25) is 0 Å². The summed E-state index contributed by atoms with van der Waals surface area (Å²) in [7, 11) is 2.18. The van der Waals surface area contributed by atoms with Gasteiger partial charge in [0.1, 0.15) is 5.82 Å². The van der Waals surface area contributed by atoms with Crippen molar-refractivity contribution in [3.63, 3.8) is 0 Å². The number of anilines is 1. The molecular formula is C12H19N3O. The number of hydrogen-bond donors (Lipinski definition) is 1. The summed E-state index contributed by atoms with van der Waals surface area (Å²) in [6.45, 7) is 1.92.